The maximum absolute atomic E-state index is 5.61. The molecule has 0 bridgehead atoms. The van der Waals surface area contributed by atoms with Crippen LogP contribution in [0.2, 0.25) is 0 Å². The maximum atomic E-state index is 5.61. The zero-order valence-corrected chi connectivity index (χ0v) is 14.3. The Kier molecular flexibility index (Phi) is 4.46. The first-order valence-corrected chi connectivity index (χ1v) is 8.13. The molecule has 0 fully saturated rings. The van der Waals surface area contributed by atoms with E-state index in [0.717, 1.165) is 26.0 Å². The fourth-order valence-electron chi connectivity index (χ4n) is 2.20. The number of hydrogen-bond acceptors (Lipinski definition) is 2. The predicted octanol–water partition coefficient (Wildman–Crippen LogP) is 6.01. The summed E-state index contributed by atoms with van der Waals surface area (Å²) in [5, 5.41) is 3.55. The molecule has 0 aliphatic carbocycles. The van der Waals surface area contributed by atoms with Gasteiger partial charge in [-0.1, -0.05) is 36.4 Å². The molecule has 1 unspecified atom stereocenters. The van der Waals surface area contributed by atoms with E-state index in [9.17, 15) is 0 Å². The average Bonchev–Trinajstić information content (AvgIpc) is 3.02. The van der Waals surface area contributed by atoms with Crippen LogP contribution in [-0.2, 0) is 0 Å². The second kappa shape index (κ2) is 6.50. The third-order valence-electron chi connectivity index (χ3n) is 3.21. The third kappa shape index (κ3) is 3.22. The van der Waals surface area contributed by atoms with E-state index in [1.54, 1.807) is 6.26 Å². The van der Waals surface area contributed by atoms with E-state index in [-0.39, 0.29) is 6.04 Å². The Morgan fingerprint density at radius 2 is 1.52 bits per heavy atom. The van der Waals surface area contributed by atoms with Crippen molar-refractivity contribution < 1.29 is 4.42 Å². The molecule has 0 radical (unpaired) electrons. The van der Waals surface area contributed by atoms with Crippen LogP contribution < -0.4 is 5.32 Å². The first kappa shape index (κ1) is 14.4. The Labute approximate surface area is 140 Å². The lowest BCUT2D eigenvalue weighted by atomic mass is 10.0. The highest BCUT2D eigenvalue weighted by atomic mass is 79.9. The zero-order valence-electron chi connectivity index (χ0n) is 11.1. The topological polar surface area (TPSA) is 25.2 Å². The quantitative estimate of drug-likeness (QED) is 0.574. The molecular weight excluding hydrogens is 394 g/mol. The van der Waals surface area contributed by atoms with Crippen LogP contribution in [-0.4, -0.2) is 0 Å². The molecule has 4 heteroatoms. The Morgan fingerprint density at radius 1 is 0.810 bits per heavy atom. The summed E-state index contributed by atoms with van der Waals surface area (Å²) >= 11 is 7.18. The Hall–Kier alpha value is -1.52. The van der Waals surface area contributed by atoms with Crippen LogP contribution in [0.1, 0.15) is 17.4 Å². The maximum Gasteiger partial charge on any atom is 0.130 e. The number of anilines is 1. The molecular formula is C17H13Br2NO. The van der Waals surface area contributed by atoms with Crippen molar-refractivity contribution in [2.24, 2.45) is 0 Å². The van der Waals surface area contributed by atoms with E-state index < -0.39 is 0 Å². The first-order valence-electron chi connectivity index (χ1n) is 6.54. The first-order chi connectivity index (χ1) is 10.3. The summed E-state index contributed by atoms with van der Waals surface area (Å²) in [6.07, 6.45) is 1.70. The van der Waals surface area contributed by atoms with Gasteiger partial charge in [-0.2, -0.15) is 0 Å². The Bertz CT molecular complexity index is 691. The number of halogens is 2. The van der Waals surface area contributed by atoms with Gasteiger partial charge in [0.25, 0.3) is 0 Å². The van der Waals surface area contributed by atoms with E-state index in [4.69, 9.17) is 4.42 Å². The zero-order chi connectivity index (χ0) is 14.7. The van der Waals surface area contributed by atoms with E-state index in [1.807, 2.05) is 48.5 Å². The highest BCUT2D eigenvalue weighted by Crippen LogP contribution is 2.35. The number of furan rings is 1. The second-order valence-corrected chi connectivity index (χ2v) is 6.31. The van der Waals surface area contributed by atoms with Crippen LogP contribution in [0.4, 0.5) is 5.69 Å². The van der Waals surface area contributed by atoms with Crippen molar-refractivity contribution in [1.29, 1.82) is 0 Å². The van der Waals surface area contributed by atoms with E-state index >= 15 is 0 Å². The van der Waals surface area contributed by atoms with Crippen molar-refractivity contribution >= 4 is 37.5 Å². The smallest absolute Gasteiger partial charge is 0.130 e. The fraction of sp³-hybridized carbons (Fsp3) is 0.0588. The minimum atomic E-state index is -0.0452. The summed E-state index contributed by atoms with van der Waals surface area (Å²) in [6.45, 7) is 0. The molecule has 2 aromatic carbocycles. The van der Waals surface area contributed by atoms with Crippen molar-refractivity contribution in [3.63, 3.8) is 0 Å². The van der Waals surface area contributed by atoms with Crippen LogP contribution in [0.5, 0.6) is 0 Å². The van der Waals surface area contributed by atoms with Gasteiger partial charge >= 0.3 is 0 Å². The highest BCUT2D eigenvalue weighted by Gasteiger charge is 2.18. The summed E-state index contributed by atoms with van der Waals surface area (Å²) in [5.41, 5.74) is 2.15. The minimum Gasteiger partial charge on any atom is -0.467 e. The summed E-state index contributed by atoms with van der Waals surface area (Å²) in [6, 6.07) is 20.1. The molecule has 3 aromatic rings. The van der Waals surface area contributed by atoms with Gasteiger partial charge in [0, 0.05) is 8.95 Å². The van der Waals surface area contributed by atoms with E-state index in [1.165, 1.54) is 0 Å². The highest BCUT2D eigenvalue weighted by molar-refractivity contribution is 9.11. The van der Waals surface area contributed by atoms with Crippen LogP contribution in [0.25, 0.3) is 0 Å². The molecule has 0 aliphatic heterocycles. The molecule has 0 amide bonds. The number of hydrogen-bond donors (Lipinski definition) is 1. The molecule has 0 spiro atoms. The molecule has 1 atom stereocenters. The fourth-order valence-corrected chi connectivity index (χ4v) is 3.43. The summed E-state index contributed by atoms with van der Waals surface area (Å²) < 4.78 is 7.62. The molecule has 106 valence electrons. The molecule has 0 saturated carbocycles. The van der Waals surface area contributed by atoms with Crippen molar-refractivity contribution in [2.45, 2.75) is 6.04 Å². The monoisotopic (exact) mass is 405 g/mol. The normalized spacial score (nSPS) is 12.1. The second-order valence-electron chi connectivity index (χ2n) is 4.60. The lowest BCUT2D eigenvalue weighted by molar-refractivity contribution is 0.499. The molecule has 1 aromatic heterocycles. The molecule has 0 saturated heterocycles. The van der Waals surface area contributed by atoms with Gasteiger partial charge in [0.2, 0.25) is 0 Å². The average molecular weight is 407 g/mol. The largest absolute Gasteiger partial charge is 0.467 e. The lowest BCUT2D eigenvalue weighted by Gasteiger charge is -2.20. The molecule has 2 nitrogen and oxygen atoms in total. The third-order valence-corrected chi connectivity index (χ3v) is 4.53. The van der Waals surface area contributed by atoms with Gasteiger partial charge in [-0.25, -0.2) is 0 Å². The van der Waals surface area contributed by atoms with Crippen LogP contribution in [0, 0.1) is 0 Å². The Morgan fingerprint density at radius 3 is 2.14 bits per heavy atom. The van der Waals surface area contributed by atoms with Gasteiger partial charge in [0.1, 0.15) is 11.8 Å². The molecule has 0 aliphatic rings. The summed E-state index contributed by atoms with van der Waals surface area (Å²) in [5.74, 6) is 0.879. The number of nitrogens with one attached hydrogen (secondary N) is 1. The van der Waals surface area contributed by atoms with Crippen LogP contribution in [0.3, 0.4) is 0 Å². The SMILES string of the molecule is Brc1cccc(Br)c1NC(c1ccccc1)c1ccco1. The number of para-hydroxylation sites is 1. The minimum absolute atomic E-state index is 0.0452. The molecule has 1 N–H and O–H groups in total. The van der Waals surface area contributed by atoms with Gasteiger partial charge in [-0.05, 0) is 61.7 Å². The molecule has 21 heavy (non-hydrogen) atoms. The van der Waals surface area contributed by atoms with E-state index in [0.29, 0.717) is 0 Å². The van der Waals surface area contributed by atoms with Crippen molar-refractivity contribution in [1.82, 2.24) is 0 Å². The molecule has 1 heterocycles. The van der Waals surface area contributed by atoms with Crippen LogP contribution in [0.15, 0.2) is 80.3 Å². The van der Waals surface area contributed by atoms with Gasteiger partial charge in [-0.15, -0.1) is 0 Å². The Balaban J connectivity index is 2.01. The lowest BCUT2D eigenvalue weighted by Crippen LogP contribution is -2.12. The number of benzene rings is 2. The van der Waals surface area contributed by atoms with Gasteiger partial charge in [0.05, 0.1) is 12.0 Å². The van der Waals surface area contributed by atoms with Crippen molar-refractivity contribution in [3.05, 3.63) is 87.2 Å². The number of rotatable bonds is 4. The van der Waals surface area contributed by atoms with Gasteiger partial charge in [0.15, 0.2) is 0 Å². The van der Waals surface area contributed by atoms with E-state index in [2.05, 4.69) is 49.3 Å². The van der Waals surface area contributed by atoms with Crippen LogP contribution >= 0.6 is 31.9 Å². The predicted molar refractivity (Wildman–Crippen MR) is 92.5 cm³/mol. The summed E-state index contributed by atoms with van der Waals surface area (Å²) in [7, 11) is 0. The van der Waals surface area contributed by atoms with Crippen molar-refractivity contribution in [3.8, 4) is 0 Å². The molecule has 3 rings (SSSR count). The standard InChI is InChI=1S/C17H13Br2NO/c18-13-8-4-9-14(19)17(13)20-16(15-10-5-11-21-15)12-6-2-1-3-7-12/h1-11,16,20H. The van der Waals surface area contributed by atoms with Crippen molar-refractivity contribution in [2.75, 3.05) is 5.32 Å². The summed E-state index contributed by atoms with van der Waals surface area (Å²) in [4.78, 5) is 0. The van der Waals surface area contributed by atoms with Gasteiger partial charge < -0.3 is 9.73 Å². The van der Waals surface area contributed by atoms with Gasteiger partial charge in [-0.3, -0.25) is 0 Å².